The molecular weight excluding hydrogens is 364 g/mol. The highest BCUT2D eigenvalue weighted by Gasteiger charge is 2.20. The van der Waals surface area contributed by atoms with Gasteiger partial charge in [-0.1, -0.05) is 35.4 Å². The lowest BCUT2D eigenvalue weighted by atomic mass is 10.2. The highest BCUT2D eigenvalue weighted by molar-refractivity contribution is 6.32. The smallest absolute Gasteiger partial charge is 0.156 e. The van der Waals surface area contributed by atoms with Crippen LogP contribution in [0, 0.1) is 12.7 Å². The van der Waals surface area contributed by atoms with Crippen molar-refractivity contribution >= 4 is 34.7 Å². The van der Waals surface area contributed by atoms with Crippen molar-refractivity contribution in [1.29, 1.82) is 0 Å². The molecule has 7 heteroatoms. The summed E-state index contributed by atoms with van der Waals surface area (Å²) < 4.78 is 20.3. The Morgan fingerprint density at radius 3 is 2.52 bits per heavy atom. The minimum Gasteiger partial charge on any atom is -0.489 e. The summed E-state index contributed by atoms with van der Waals surface area (Å²) in [5.41, 5.74) is 1.85. The molecule has 0 spiro atoms. The van der Waals surface area contributed by atoms with E-state index in [0.717, 1.165) is 11.1 Å². The van der Waals surface area contributed by atoms with Gasteiger partial charge in [-0.05, 0) is 45.4 Å². The molecule has 25 heavy (non-hydrogen) atoms. The minimum atomic E-state index is -0.489. The van der Waals surface area contributed by atoms with Crippen molar-refractivity contribution in [2.75, 3.05) is 11.4 Å². The maximum absolute atomic E-state index is 14.6. The summed E-state index contributed by atoms with van der Waals surface area (Å²) in [7, 11) is 0. The first-order valence-electron chi connectivity index (χ1n) is 7.76. The van der Waals surface area contributed by atoms with Crippen molar-refractivity contribution in [3.63, 3.8) is 0 Å². The number of hydrogen-bond donors (Lipinski definition) is 0. The Kier molecular flexibility index (Phi) is 6.25. The number of anilines is 2. The van der Waals surface area contributed by atoms with E-state index in [9.17, 15) is 4.39 Å². The lowest BCUT2D eigenvalue weighted by Crippen LogP contribution is -2.22. The second-order valence-corrected chi connectivity index (χ2v) is 6.89. The van der Waals surface area contributed by atoms with Gasteiger partial charge in [0.1, 0.15) is 11.6 Å². The monoisotopic (exact) mass is 383 g/mol. The molecule has 1 aromatic carbocycles. The fraction of sp³-hybridized carbons (Fsp3) is 0.333. The first-order chi connectivity index (χ1) is 11.7. The maximum Gasteiger partial charge on any atom is 0.156 e. The Morgan fingerprint density at radius 2 is 1.96 bits per heavy atom. The van der Waals surface area contributed by atoms with Crippen LogP contribution >= 0.6 is 23.2 Å². The number of benzene rings is 1. The molecule has 2 rings (SSSR count). The minimum absolute atomic E-state index is 0.0945. The lowest BCUT2D eigenvalue weighted by Gasteiger charge is -2.25. The van der Waals surface area contributed by atoms with Gasteiger partial charge in [0.15, 0.2) is 11.0 Å². The fourth-order valence-corrected chi connectivity index (χ4v) is 2.50. The van der Waals surface area contributed by atoms with Gasteiger partial charge < -0.3 is 9.64 Å². The largest absolute Gasteiger partial charge is 0.489 e. The highest BCUT2D eigenvalue weighted by atomic mass is 35.5. The van der Waals surface area contributed by atoms with Crippen LogP contribution in [-0.4, -0.2) is 22.8 Å². The third kappa shape index (κ3) is 4.83. The second kappa shape index (κ2) is 8.02. The zero-order valence-electron chi connectivity index (χ0n) is 14.6. The molecule has 0 aliphatic rings. The quantitative estimate of drug-likeness (QED) is 0.596. The van der Waals surface area contributed by atoms with E-state index in [2.05, 4.69) is 16.8 Å². The van der Waals surface area contributed by atoms with E-state index in [0.29, 0.717) is 23.3 Å². The van der Waals surface area contributed by atoms with Crippen LogP contribution in [0.1, 0.15) is 26.3 Å². The summed E-state index contributed by atoms with van der Waals surface area (Å²) >= 11 is 12.1. The van der Waals surface area contributed by atoms with Crippen molar-refractivity contribution in [3.8, 4) is 5.75 Å². The molecule has 0 atom stereocenters. The molecular formula is C18H20Cl2FN3O. The van der Waals surface area contributed by atoms with E-state index < -0.39 is 5.82 Å². The van der Waals surface area contributed by atoms with Crippen LogP contribution in [0.15, 0.2) is 30.4 Å². The number of ether oxygens (including phenoxy) is 1. The average Bonchev–Trinajstić information content (AvgIpc) is 2.50. The Hall–Kier alpha value is -1.85. The van der Waals surface area contributed by atoms with Crippen molar-refractivity contribution in [1.82, 2.24) is 10.2 Å². The molecule has 1 aromatic heterocycles. The normalized spacial score (nSPS) is 10.9. The summed E-state index contributed by atoms with van der Waals surface area (Å²) in [6, 6.07) is 4.54. The van der Waals surface area contributed by atoms with Gasteiger partial charge in [-0.25, -0.2) is 4.39 Å². The number of halogens is 3. The Balaban J connectivity index is 2.57. The topological polar surface area (TPSA) is 38.2 Å². The molecule has 0 aliphatic carbocycles. The van der Waals surface area contributed by atoms with E-state index >= 15 is 0 Å². The Morgan fingerprint density at radius 1 is 1.28 bits per heavy atom. The van der Waals surface area contributed by atoms with Gasteiger partial charge in [-0.2, -0.15) is 0 Å². The molecule has 0 amide bonds. The summed E-state index contributed by atoms with van der Waals surface area (Å²) in [4.78, 5) is 1.66. The van der Waals surface area contributed by atoms with Crippen LogP contribution in [0.5, 0.6) is 5.75 Å². The fourth-order valence-electron chi connectivity index (χ4n) is 2.22. The molecule has 134 valence electrons. The Bertz CT molecular complexity index is 796. The third-order valence-electron chi connectivity index (χ3n) is 3.27. The number of nitrogens with zero attached hydrogens (tertiary/aromatic N) is 3. The molecule has 0 aliphatic heterocycles. The molecule has 0 bridgehead atoms. The van der Waals surface area contributed by atoms with Crippen molar-refractivity contribution < 1.29 is 9.13 Å². The van der Waals surface area contributed by atoms with E-state index in [1.54, 1.807) is 17.0 Å². The van der Waals surface area contributed by atoms with Crippen molar-refractivity contribution in [2.45, 2.75) is 33.8 Å². The van der Waals surface area contributed by atoms with Crippen LogP contribution in [0.25, 0.3) is 0 Å². The summed E-state index contributed by atoms with van der Waals surface area (Å²) in [6.45, 7) is 11.7. The average molecular weight is 384 g/mol. The molecule has 4 nitrogen and oxygen atoms in total. The van der Waals surface area contributed by atoms with Crippen LogP contribution in [0.3, 0.4) is 0 Å². The van der Waals surface area contributed by atoms with Gasteiger partial charge in [0.05, 0.1) is 16.8 Å². The van der Waals surface area contributed by atoms with Crippen molar-refractivity contribution in [2.24, 2.45) is 0 Å². The van der Waals surface area contributed by atoms with E-state index in [-0.39, 0.29) is 16.8 Å². The van der Waals surface area contributed by atoms with Gasteiger partial charge in [-0.3, -0.25) is 0 Å². The van der Waals surface area contributed by atoms with E-state index in [1.807, 2.05) is 27.7 Å². The molecule has 0 saturated heterocycles. The lowest BCUT2D eigenvalue weighted by molar-refractivity contribution is 0.242. The zero-order valence-corrected chi connectivity index (χ0v) is 16.1. The van der Waals surface area contributed by atoms with Crippen LogP contribution in [0.4, 0.5) is 15.9 Å². The number of rotatable bonds is 6. The summed E-state index contributed by atoms with van der Waals surface area (Å²) in [5, 5.41) is 8.52. The van der Waals surface area contributed by atoms with Crippen LogP contribution < -0.4 is 9.64 Å². The molecule has 0 N–H and O–H groups in total. The standard InChI is InChI=1S/C18H20Cl2FN3O/c1-10(2)9-24(17-6-12(5)18(20)23-22-17)15-8-16(25-11(3)4)13(19)7-14(15)21/h6-8,11H,1,9H2,2-5H3. The maximum atomic E-state index is 14.6. The van der Waals surface area contributed by atoms with Gasteiger partial charge in [0.25, 0.3) is 0 Å². The van der Waals surface area contributed by atoms with Gasteiger partial charge in [0.2, 0.25) is 0 Å². The van der Waals surface area contributed by atoms with E-state index in [1.165, 1.54) is 6.07 Å². The third-order valence-corrected chi connectivity index (χ3v) is 3.94. The van der Waals surface area contributed by atoms with Gasteiger partial charge in [0, 0.05) is 12.6 Å². The predicted molar refractivity (Wildman–Crippen MR) is 101 cm³/mol. The van der Waals surface area contributed by atoms with Crippen LogP contribution in [-0.2, 0) is 0 Å². The van der Waals surface area contributed by atoms with Crippen molar-refractivity contribution in [3.05, 3.63) is 51.9 Å². The summed E-state index contributed by atoms with van der Waals surface area (Å²) in [6.07, 6.45) is -0.0945. The molecule has 0 saturated carbocycles. The van der Waals surface area contributed by atoms with Crippen LogP contribution in [0.2, 0.25) is 10.2 Å². The summed E-state index contributed by atoms with van der Waals surface area (Å²) in [5.74, 6) is 0.372. The number of hydrogen-bond acceptors (Lipinski definition) is 4. The highest BCUT2D eigenvalue weighted by Crippen LogP contribution is 2.36. The van der Waals surface area contributed by atoms with Gasteiger partial charge in [-0.15, -0.1) is 10.2 Å². The molecule has 0 radical (unpaired) electrons. The first kappa shape index (κ1) is 19.5. The predicted octanol–water partition coefficient (Wildman–Crippen LogP) is 5.73. The molecule has 1 heterocycles. The molecule has 0 fully saturated rings. The van der Waals surface area contributed by atoms with E-state index in [4.69, 9.17) is 27.9 Å². The number of aromatic nitrogens is 2. The zero-order chi connectivity index (χ0) is 18.7. The Labute approximate surface area is 157 Å². The second-order valence-electron chi connectivity index (χ2n) is 6.12. The SMILES string of the molecule is C=C(C)CN(c1cc(C)c(Cl)nn1)c1cc(OC(C)C)c(Cl)cc1F. The first-order valence-corrected chi connectivity index (χ1v) is 8.52. The number of aryl methyl sites for hydroxylation is 1. The molecule has 2 aromatic rings. The van der Waals surface area contributed by atoms with Gasteiger partial charge >= 0.3 is 0 Å². The molecule has 0 unspecified atom stereocenters.